The summed E-state index contributed by atoms with van der Waals surface area (Å²) in [5.41, 5.74) is 3.67. The zero-order valence-electron chi connectivity index (χ0n) is 18.9. The van der Waals surface area contributed by atoms with Crippen LogP contribution in [0.4, 0.5) is 15.9 Å². The fourth-order valence-corrected chi connectivity index (χ4v) is 5.50. The van der Waals surface area contributed by atoms with Crippen molar-refractivity contribution in [3.05, 3.63) is 87.2 Å². The number of pyridine rings is 1. The molecule has 7 nitrogen and oxygen atoms in total. The van der Waals surface area contributed by atoms with Gasteiger partial charge in [-0.1, -0.05) is 23.7 Å². The molecule has 1 saturated heterocycles. The normalized spacial score (nSPS) is 16.2. The van der Waals surface area contributed by atoms with Gasteiger partial charge in [0.1, 0.15) is 16.8 Å². The molecule has 0 saturated carbocycles. The van der Waals surface area contributed by atoms with Gasteiger partial charge in [0.15, 0.2) is 0 Å². The Labute approximate surface area is 205 Å². The molecule has 4 heterocycles. The van der Waals surface area contributed by atoms with Crippen molar-refractivity contribution in [2.45, 2.75) is 25.3 Å². The van der Waals surface area contributed by atoms with Crippen LogP contribution in [0.1, 0.15) is 34.8 Å². The van der Waals surface area contributed by atoms with Gasteiger partial charge >= 0.3 is 5.69 Å². The molecule has 1 amide bonds. The average molecular weight is 492 g/mol. The third-order valence-electron chi connectivity index (χ3n) is 6.99. The molecule has 0 atom stereocenters. The van der Waals surface area contributed by atoms with Gasteiger partial charge in [-0.25, -0.2) is 14.2 Å². The van der Waals surface area contributed by atoms with Crippen molar-refractivity contribution in [3.63, 3.8) is 0 Å². The molecule has 6 rings (SSSR count). The Morgan fingerprint density at radius 3 is 2.69 bits per heavy atom. The zero-order valence-corrected chi connectivity index (χ0v) is 19.6. The number of rotatable bonds is 3. The first-order valence-corrected chi connectivity index (χ1v) is 12.1. The Kier molecular flexibility index (Phi) is 5.33. The van der Waals surface area contributed by atoms with Crippen LogP contribution in [0.25, 0.3) is 11.0 Å². The Balaban J connectivity index is 1.22. The maximum absolute atomic E-state index is 13.6. The number of hydrogen-bond donors (Lipinski definition) is 1. The van der Waals surface area contributed by atoms with Crippen LogP contribution in [0, 0.1) is 5.82 Å². The van der Waals surface area contributed by atoms with Gasteiger partial charge in [0.2, 0.25) is 0 Å². The van der Waals surface area contributed by atoms with Gasteiger partial charge in [0.05, 0.1) is 11.0 Å². The number of nitrogens with zero attached hydrogens (tertiary/aromatic N) is 4. The summed E-state index contributed by atoms with van der Waals surface area (Å²) in [5, 5.41) is 0.249. The molecule has 9 heteroatoms. The quantitative estimate of drug-likeness (QED) is 0.426. The van der Waals surface area contributed by atoms with Crippen LogP contribution in [-0.4, -0.2) is 40.1 Å². The van der Waals surface area contributed by atoms with E-state index in [0.717, 1.165) is 35.1 Å². The fraction of sp³-hybridized carbons (Fsp3) is 0.269. The molecule has 2 aliphatic heterocycles. The molecule has 178 valence electrons. The van der Waals surface area contributed by atoms with Crippen LogP contribution < -0.4 is 15.5 Å². The lowest BCUT2D eigenvalue weighted by atomic mass is 10.0. The van der Waals surface area contributed by atoms with E-state index in [9.17, 15) is 14.0 Å². The van der Waals surface area contributed by atoms with Crippen molar-refractivity contribution in [2.24, 2.45) is 0 Å². The van der Waals surface area contributed by atoms with E-state index in [1.165, 1.54) is 12.1 Å². The molecule has 2 aliphatic rings. The molecule has 0 unspecified atom stereocenters. The Hall–Kier alpha value is -3.65. The van der Waals surface area contributed by atoms with E-state index in [1.54, 1.807) is 23.1 Å². The summed E-state index contributed by atoms with van der Waals surface area (Å²) in [6.07, 6.45) is 2.15. The molecule has 0 bridgehead atoms. The second kappa shape index (κ2) is 8.53. The van der Waals surface area contributed by atoms with E-state index < -0.39 is 0 Å². The number of aromatic nitrogens is 3. The Bertz CT molecular complexity index is 1510. The molecule has 2 aromatic heterocycles. The highest BCUT2D eigenvalue weighted by atomic mass is 35.5. The monoisotopic (exact) mass is 491 g/mol. The highest BCUT2D eigenvalue weighted by Gasteiger charge is 2.28. The number of H-pyrrole nitrogens is 1. The molecule has 35 heavy (non-hydrogen) atoms. The van der Waals surface area contributed by atoms with Gasteiger partial charge in [-0.3, -0.25) is 9.36 Å². The number of piperidine rings is 1. The minimum absolute atomic E-state index is 0.0803. The van der Waals surface area contributed by atoms with Crippen molar-refractivity contribution in [1.82, 2.24) is 14.5 Å². The maximum Gasteiger partial charge on any atom is 0.326 e. The van der Waals surface area contributed by atoms with E-state index >= 15 is 0 Å². The standard InChI is InChI=1S/C26H23ClFN5O2/c27-23-14-17(25(34)32-12-7-16-13-18(28)5-6-21(16)32)15-24(30-23)31-10-8-19(9-11-31)33-22-4-2-1-3-20(22)29-26(33)35/h1-6,13-15,19H,7-12H2,(H,29,35). The van der Waals surface area contributed by atoms with Crippen LogP contribution in [0.2, 0.25) is 5.15 Å². The molecule has 2 aromatic carbocycles. The second-order valence-corrected chi connectivity index (χ2v) is 9.44. The molecule has 1 fully saturated rings. The highest BCUT2D eigenvalue weighted by Crippen LogP contribution is 2.32. The maximum atomic E-state index is 13.6. The number of anilines is 2. The van der Waals surface area contributed by atoms with Crippen LogP contribution in [0.15, 0.2) is 59.4 Å². The predicted octanol–water partition coefficient (Wildman–Crippen LogP) is 4.56. The van der Waals surface area contributed by atoms with E-state index in [2.05, 4.69) is 14.9 Å². The number of para-hydroxylation sites is 2. The number of imidazole rings is 1. The Morgan fingerprint density at radius 2 is 1.86 bits per heavy atom. The van der Waals surface area contributed by atoms with Gasteiger partial charge in [0.25, 0.3) is 5.91 Å². The largest absolute Gasteiger partial charge is 0.356 e. The third kappa shape index (κ3) is 3.87. The number of carbonyl (C=O) groups excluding carboxylic acids is 1. The first-order chi connectivity index (χ1) is 17.0. The number of benzene rings is 2. The van der Waals surface area contributed by atoms with Crippen LogP contribution in [0.3, 0.4) is 0 Å². The molecule has 1 N–H and O–H groups in total. The van der Waals surface area contributed by atoms with Gasteiger partial charge in [-0.15, -0.1) is 0 Å². The van der Waals surface area contributed by atoms with E-state index in [-0.39, 0.29) is 28.6 Å². The van der Waals surface area contributed by atoms with Crippen LogP contribution in [0.5, 0.6) is 0 Å². The van der Waals surface area contributed by atoms with E-state index in [1.807, 2.05) is 28.8 Å². The number of nitrogens with one attached hydrogen (secondary N) is 1. The topological polar surface area (TPSA) is 74.2 Å². The number of halogens is 2. The zero-order chi connectivity index (χ0) is 24.1. The Morgan fingerprint density at radius 1 is 1.06 bits per heavy atom. The van der Waals surface area contributed by atoms with Crippen molar-refractivity contribution < 1.29 is 9.18 Å². The van der Waals surface area contributed by atoms with Crippen LogP contribution >= 0.6 is 11.6 Å². The smallest absolute Gasteiger partial charge is 0.326 e. The van der Waals surface area contributed by atoms with Gasteiger partial charge in [0, 0.05) is 36.9 Å². The molecule has 0 spiro atoms. The molecule has 0 aliphatic carbocycles. The summed E-state index contributed by atoms with van der Waals surface area (Å²) >= 11 is 6.33. The number of aromatic amines is 1. The summed E-state index contributed by atoms with van der Waals surface area (Å²) in [4.78, 5) is 37.1. The van der Waals surface area contributed by atoms with Crippen molar-refractivity contribution in [1.29, 1.82) is 0 Å². The highest BCUT2D eigenvalue weighted by molar-refractivity contribution is 6.30. The lowest BCUT2D eigenvalue weighted by Crippen LogP contribution is -2.37. The van der Waals surface area contributed by atoms with Gasteiger partial charge in [-0.2, -0.15) is 0 Å². The predicted molar refractivity (Wildman–Crippen MR) is 134 cm³/mol. The van der Waals surface area contributed by atoms with Crippen molar-refractivity contribution in [2.75, 3.05) is 29.4 Å². The molecular formula is C26H23ClFN5O2. The van der Waals surface area contributed by atoms with Crippen molar-refractivity contribution in [3.8, 4) is 0 Å². The fourth-order valence-electron chi connectivity index (χ4n) is 5.30. The number of amides is 1. The minimum Gasteiger partial charge on any atom is -0.356 e. The lowest BCUT2D eigenvalue weighted by Gasteiger charge is -2.33. The van der Waals surface area contributed by atoms with Crippen LogP contribution in [-0.2, 0) is 6.42 Å². The van der Waals surface area contributed by atoms with Crippen molar-refractivity contribution >= 4 is 40.0 Å². The third-order valence-corrected chi connectivity index (χ3v) is 7.18. The number of hydrogen-bond acceptors (Lipinski definition) is 4. The summed E-state index contributed by atoms with van der Waals surface area (Å²) in [7, 11) is 0. The first-order valence-electron chi connectivity index (χ1n) is 11.7. The lowest BCUT2D eigenvalue weighted by molar-refractivity contribution is 0.0989. The van der Waals surface area contributed by atoms with E-state index in [0.29, 0.717) is 37.4 Å². The van der Waals surface area contributed by atoms with E-state index in [4.69, 9.17) is 11.6 Å². The summed E-state index contributed by atoms with van der Waals surface area (Å²) in [6.45, 7) is 1.87. The number of fused-ring (bicyclic) bond motifs is 2. The van der Waals surface area contributed by atoms with Gasteiger partial charge < -0.3 is 14.8 Å². The minimum atomic E-state index is -0.300. The first kappa shape index (κ1) is 21.9. The summed E-state index contributed by atoms with van der Waals surface area (Å²) in [5.74, 6) is 0.163. The molecule has 0 radical (unpaired) electrons. The van der Waals surface area contributed by atoms with Gasteiger partial charge in [-0.05, 0) is 67.3 Å². The summed E-state index contributed by atoms with van der Waals surface area (Å²) in [6, 6.07) is 15.6. The summed E-state index contributed by atoms with van der Waals surface area (Å²) < 4.78 is 15.4. The molecule has 4 aromatic rings. The average Bonchev–Trinajstić information content (AvgIpc) is 3.43. The molecular weight excluding hydrogens is 469 g/mol. The second-order valence-electron chi connectivity index (χ2n) is 9.05. The SMILES string of the molecule is O=C(c1cc(Cl)nc(N2CCC(n3c(=O)[nH]c4ccccc43)CC2)c1)N1CCc2cc(F)ccc21. The number of carbonyl (C=O) groups is 1.